The van der Waals surface area contributed by atoms with Crippen molar-refractivity contribution in [1.82, 2.24) is 20.7 Å². The maximum absolute atomic E-state index is 12.9. The summed E-state index contributed by atoms with van der Waals surface area (Å²) in [5, 5.41) is 0. The first-order valence-corrected chi connectivity index (χ1v) is 8.14. The molecule has 4 unspecified atom stereocenters. The van der Waals surface area contributed by atoms with Crippen LogP contribution in [0.1, 0.15) is 30.9 Å². The Bertz CT molecular complexity index is 538. The van der Waals surface area contributed by atoms with E-state index in [0.717, 1.165) is 12.0 Å². The van der Waals surface area contributed by atoms with Gasteiger partial charge in [-0.3, -0.25) is 15.2 Å². The number of morpholine rings is 1. The highest BCUT2D eigenvalue weighted by molar-refractivity contribution is 5.83. The van der Waals surface area contributed by atoms with Crippen LogP contribution in [0, 0.1) is 5.92 Å². The van der Waals surface area contributed by atoms with E-state index in [1.54, 1.807) is 6.20 Å². The molecule has 4 rings (SSSR count). The lowest BCUT2D eigenvalue weighted by molar-refractivity contribution is -0.142. The second-order valence-corrected chi connectivity index (χ2v) is 6.40. The second-order valence-electron chi connectivity index (χ2n) is 6.40. The molecular formula is C16H22N4O2. The van der Waals surface area contributed by atoms with Crippen LogP contribution in [-0.2, 0) is 9.53 Å². The molecule has 3 aliphatic rings. The van der Waals surface area contributed by atoms with Gasteiger partial charge in [0.15, 0.2) is 0 Å². The highest BCUT2D eigenvalue weighted by atomic mass is 16.5. The van der Waals surface area contributed by atoms with Gasteiger partial charge in [-0.2, -0.15) is 0 Å². The van der Waals surface area contributed by atoms with Crippen molar-refractivity contribution < 1.29 is 9.53 Å². The molecule has 0 aromatic carbocycles. The molecule has 0 bridgehead atoms. The summed E-state index contributed by atoms with van der Waals surface area (Å²) < 4.78 is 5.82. The van der Waals surface area contributed by atoms with Crippen molar-refractivity contribution in [1.29, 1.82) is 0 Å². The van der Waals surface area contributed by atoms with Crippen molar-refractivity contribution in [3.63, 3.8) is 0 Å². The third-order valence-electron chi connectivity index (χ3n) is 5.12. The van der Waals surface area contributed by atoms with Crippen LogP contribution in [0.5, 0.6) is 0 Å². The van der Waals surface area contributed by atoms with Crippen LogP contribution in [0.4, 0.5) is 0 Å². The third kappa shape index (κ3) is 2.51. The van der Waals surface area contributed by atoms with Crippen molar-refractivity contribution >= 4 is 5.91 Å². The van der Waals surface area contributed by atoms with Crippen molar-refractivity contribution in [3.8, 4) is 0 Å². The number of hydrogen-bond donors (Lipinski definition) is 2. The van der Waals surface area contributed by atoms with Gasteiger partial charge < -0.3 is 9.64 Å². The summed E-state index contributed by atoms with van der Waals surface area (Å²) in [6, 6.07) is 4.29. The normalized spacial score (nSPS) is 34.6. The molecule has 1 aromatic heterocycles. The minimum Gasteiger partial charge on any atom is -0.370 e. The fourth-order valence-electron chi connectivity index (χ4n) is 3.93. The molecule has 0 spiro atoms. The van der Waals surface area contributed by atoms with Gasteiger partial charge in [0, 0.05) is 36.5 Å². The number of hydrazine groups is 1. The Morgan fingerprint density at radius 3 is 3.18 bits per heavy atom. The molecule has 3 heterocycles. The predicted molar refractivity (Wildman–Crippen MR) is 80.7 cm³/mol. The first kappa shape index (κ1) is 14.1. The first-order valence-electron chi connectivity index (χ1n) is 8.14. The average molecular weight is 302 g/mol. The van der Waals surface area contributed by atoms with Crippen molar-refractivity contribution in [2.75, 3.05) is 19.7 Å². The van der Waals surface area contributed by atoms with E-state index in [-0.39, 0.29) is 18.1 Å². The molecule has 22 heavy (non-hydrogen) atoms. The number of fused-ring (bicyclic) bond motifs is 1. The molecule has 6 heteroatoms. The summed E-state index contributed by atoms with van der Waals surface area (Å²) in [6.45, 7) is 1.87. The molecule has 1 amide bonds. The summed E-state index contributed by atoms with van der Waals surface area (Å²) in [5.74, 6) is 0.645. The molecule has 2 saturated heterocycles. The minimum atomic E-state index is -0.0832. The van der Waals surface area contributed by atoms with Gasteiger partial charge in [0.25, 0.3) is 0 Å². The monoisotopic (exact) mass is 302 g/mol. The van der Waals surface area contributed by atoms with E-state index in [9.17, 15) is 4.79 Å². The van der Waals surface area contributed by atoms with Gasteiger partial charge in [-0.25, -0.2) is 5.43 Å². The van der Waals surface area contributed by atoms with Crippen molar-refractivity contribution in [3.05, 3.63) is 30.1 Å². The number of aromatic nitrogens is 1. The second kappa shape index (κ2) is 5.95. The smallest absolute Gasteiger partial charge is 0.241 e. The molecule has 2 aliphatic heterocycles. The number of pyridine rings is 1. The lowest BCUT2D eigenvalue weighted by Crippen LogP contribution is -2.51. The van der Waals surface area contributed by atoms with Crippen LogP contribution in [0.3, 0.4) is 0 Å². The molecule has 1 aromatic rings. The van der Waals surface area contributed by atoms with E-state index in [2.05, 4.69) is 15.8 Å². The van der Waals surface area contributed by atoms with E-state index in [1.165, 1.54) is 12.8 Å². The SMILES string of the molecule is O=C(C1NNC2CCCC21)N1CCOC(c2cccnc2)C1. The van der Waals surface area contributed by atoms with Gasteiger partial charge in [-0.1, -0.05) is 12.5 Å². The molecule has 0 radical (unpaired) electrons. The first-order chi connectivity index (χ1) is 10.8. The molecule has 3 fully saturated rings. The van der Waals surface area contributed by atoms with Crippen LogP contribution in [-0.4, -0.2) is 47.6 Å². The summed E-state index contributed by atoms with van der Waals surface area (Å²) in [7, 11) is 0. The van der Waals surface area contributed by atoms with Crippen LogP contribution in [0.25, 0.3) is 0 Å². The summed E-state index contributed by atoms with van der Waals surface area (Å²) in [6.07, 6.45) is 7.03. The number of carbonyl (C=O) groups excluding carboxylic acids is 1. The zero-order valence-electron chi connectivity index (χ0n) is 12.6. The Morgan fingerprint density at radius 1 is 1.36 bits per heavy atom. The van der Waals surface area contributed by atoms with Crippen LogP contribution in [0.15, 0.2) is 24.5 Å². The van der Waals surface area contributed by atoms with E-state index >= 15 is 0 Å². The number of hydrogen-bond acceptors (Lipinski definition) is 5. The van der Waals surface area contributed by atoms with Crippen molar-refractivity contribution in [2.45, 2.75) is 37.5 Å². The number of rotatable bonds is 2. The lowest BCUT2D eigenvalue weighted by atomic mass is 9.96. The maximum Gasteiger partial charge on any atom is 0.241 e. The van der Waals surface area contributed by atoms with E-state index in [0.29, 0.717) is 31.7 Å². The number of nitrogens with zero attached hydrogens (tertiary/aromatic N) is 2. The molecule has 1 saturated carbocycles. The van der Waals surface area contributed by atoms with Crippen molar-refractivity contribution in [2.24, 2.45) is 5.92 Å². The number of nitrogens with one attached hydrogen (secondary N) is 2. The molecule has 2 N–H and O–H groups in total. The minimum absolute atomic E-state index is 0.0693. The van der Waals surface area contributed by atoms with Crippen LogP contribution in [0.2, 0.25) is 0 Å². The average Bonchev–Trinajstić information content (AvgIpc) is 3.18. The molecule has 118 valence electrons. The Kier molecular flexibility index (Phi) is 3.82. The largest absolute Gasteiger partial charge is 0.370 e. The summed E-state index contributed by atoms with van der Waals surface area (Å²) >= 11 is 0. The topological polar surface area (TPSA) is 66.5 Å². The highest BCUT2D eigenvalue weighted by Crippen LogP contribution is 2.33. The quantitative estimate of drug-likeness (QED) is 0.839. The Labute approximate surface area is 130 Å². The van der Waals surface area contributed by atoms with Gasteiger partial charge >= 0.3 is 0 Å². The Morgan fingerprint density at radius 2 is 2.32 bits per heavy atom. The Balaban J connectivity index is 1.45. The van der Waals surface area contributed by atoms with Gasteiger partial charge in [0.1, 0.15) is 12.1 Å². The summed E-state index contributed by atoms with van der Waals surface area (Å²) in [5.41, 5.74) is 7.55. The fourth-order valence-corrected chi connectivity index (χ4v) is 3.93. The maximum atomic E-state index is 12.9. The predicted octanol–water partition coefficient (Wildman–Crippen LogP) is 0.627. The molecule has 1 aliphatic carbocycles. The molecule has 4 atom stereocenters. The van der Waals surface area contributed by atoms with Crippen LogP contribution < -0.4 is 10.9 Å². The standard InChI is InChI=1S/C16H22N4O2/c21-16(15-12-4-1-5-13(12)18-19-15)20-7-8-22-14(10-20)11-3-2-6-17-9-11/h2-3,6,9,12-15,18-19H,1,4-5,7-8,10H2. The number of ether oxygens (including phenoxy) is 1. The number of amides is 1. The lowest BCUT2D eigenvalue weighted by Gasteiger charge is -2.35. The van der Waals surface area contributed by atoms with Gasteiger partial charge in [-0.15, -0.1) is 0 Å². The third-order valence-corrected chi connectivity index (χ3v) is 5.12. The van der Waals surface area contributed by atoms with Gasteiger partial charge in [0.2, 0.25) is 5.91 Å². The molecule has 6 nitrogen and oxygen atoms in total. The number of carbonyl (C=O) groups is 1. The van der Waals surface area contributed by atoms with E-state index in [1.807, 2.05) is 23.2 Å². The highest BCUT2D eigenvalue weighted by Gasteiger charge is 2.44. The van der Waals surface area contributed by atoms with Gasteiger partial charge in [-0.05, 0) is 18.9 Å². The van der Waals surface area contributed by atoms with E-state index < -0.39 is 0 Å². The molecular weight excluding hydrogens is 280 g/mol. The Hall–Kier alpha value is -1.50. The summed E-state index contributed by atoms with van der Waals surface area (Å²) in [4.78, 5) is 19.0. The van der Waals surface area contributed by atoms with Gasteiger partial charge in [0.05, 0.1) is 13.2 Å². The zero-order chi connectivity index (χ0) is 14.9. The zero-order valence-corrected chi connectivity index (χ0v) is 12.6. The van der Waals surface area contributed by atoms with E-state index in [4.69, 9.17) is 4.74 Å². The van der Waals surface area contributed by atoms with Crippen LogP contribution >= 0.6 is 0 Å². The fraction of sp³-hybridized carbons (Fsp3) is 0.625.